The van der Waals surface area contributed by atoms with Gasteiger partial charge in [0.25, 0.3) is 5.91 Å². The molecule has 1 atom stereocenters. The van der Waals surface area contributed by atoms with Crippen LogP contribution >= 0.6 is 15.9 Å². The summed E-state index contributed by atoms with van der Waals surface area (Å²) in [6, 6.07) is 0.0798. The van der Waals surface area contributed by atoms with Crippen LogP contribution in [0.1, 0.15) is 63.4 Å². The van der Waals surface area contributed by atoms with E-state index >= 15 is 0 Å². The van der Waals surface area contributed by atoms with E-state index in [-0.39, 0.29) is 29.1 Å². The van der Waals surface area contributed by atoms with Crippen LogP contribution in [0.5, 0.6) is 0 Å². The minimum absolute atomic E-state index is 0.0224. The summed E-state index contributed by atoms with van der Waals surface area (Å²) < 4.78 is 5.75. The molecule has 29 heavy (non-hydrogen) atoms. The summed E-state index contributed by atoms with van der Waals surface area (Å²) in [5.74, 6) is -0.00265. The number of anilines is 2. The van der Waals surface area contributed by atoms with Gasteiger partial charge < -0.3 is 26.4 Å². The molecule has 2 aliphatic rings. The summed E-state index contributed by atoms with van der Waals surface area (Å²) in [6.07, 6.45) is 4.42. The quantitative estimate of drug-likeness (QED) is 0.619. The number of amides is 2. The van der Waals surface area contributed by atoms with E-state index in [0.29, 0.717) is 23.5 Å². The Kier molecular flexibility index (Phi) is 5.93. The van der Waals surface area contributed by atoms with Gasteiger partial charge in [-0.1, -0.05) is 6.42 Å². The lowest BCUT2D eigenvalue weighted by Crippen LogP contribution is -2.51. The maximum Gasteiger partial charge on any atom is 0.407 e. The van der Waals surface area contributed by atoms with Crippen LogP contribution in [0.15, 0.2) is 4.60 Å². The van der Waals surface area contributed by atoms with E-state index in [1.54, 1.807) is 0 Å². The Morgan fingerprint density at radius 3 is 2.48 bits per heavy atom. The average Bonchev–Trinajstić information content (AvgIpc) is 2.97. The lowest BCUT2D eigenvalue weighted by atomic mass is 9.74. The Hall–Kier alpha value is -2.10. The van der Waals surface area contributed by atoms with Crippen molar-refractivity contribution >= 4 is 39.6 Å². The summed E-state index contributed by atoms with van der Waals surface area (Å²) in [5, 5.41) is 3.09. The van der Waals surface area contributed by atoms with E-state index < -0.39 is 11.5 Å². The molecule has 2 heterocycles. The predicted octanol–water partition coefficient (Wildman–Crippen LogP) is 2.58. The molecular formula is C19H29BrN6O3. The zero-order valence-corrected chi connectivity index (χ0v) is 18.7. The van der Waals surface area contributed by atoms with Gasteiger partial charge in [-0.05, 0) is 67.8 Å². The molecule has 1 aromatic heterocycles. The molecule has 0 unspecified atom stereocenters. The van der Waals surface area contributed by atoms with Crippen molar-refractivity contribution in [3.63, 3.8) is 0 Å². The minimum atomic E-state index is -0.640. The van der Waals surface area contributed by atoms with E-state index in [9.17, 15) is 9.59 Å². The molecule has 1 saturated heterocycles. The van der Waals surface area contributed by atoms with Gasteiger partial charge in [0, 0.05) is 19.1 Å². The maximum absolute atomic E-state index is 12.3. The number of carbonyl (C=O) groups excluding carboxylic acids is 2. The number of piperidine rings is 1. The second-order valence-electron chi connectivity index (χ2n) is 8.88. The van der Waals surface area contributed by atoms with Crippen LogP contribution in [0.3, 0.4) is 0 Å². The highest BCUT2D eigenvalue weighted by Gasteiger charge is 2.46. The van der Waals surface area contributed by atoms with Crippen LogP contribution in [0, 0.1) is 5.41 Å². The normalized spacial score (nSPS) is 21.2. The Labute approximate surface area is 179 Å². The van der Waals surface area contributed by atoms with E-state index in [1.165, 1.54) is 0 Å². The summed E-state index contributed by atoms with van der Waals surface area (Å²) in [4.78, 5) is 34.6. The summed E-state index contributed by atoms with van der Waals surface area (Å²) in [5.41, 5.74) is 11.0. The standard InChI is InChI=1S/C19H29BrN6O3/c1-18(2,3)29-17(28)23-11-5-4-6-19(11)7-9-26(10-8-19)16-12(15(22)27)24-13(20)14(21)25-16/h11H,4-10H2,1-3H3,(H2,21,25)(H2,22,27)(H,23,28)/t11-/m1/s1. The van der Waals surface area contributed by atoms with Crippen molar-refractivity contribution in [3.05, 3.63) is 10.3 Å². The highest BCUT2D eigenvalue weighted by atomic mass is 79.9. The van der Waals surface area contributed by atoms with Crippen molar-refractivity contribution < 1.29 is 14.3 Å². The SMILES string of the molecule is CC(C)(C)OC(=O)N[C@@H]1CCCC12CCN(c1nc(N)c(Br)nc1C(N)=O)CC2. The van der Waals surface area contributed by atoms with Crippen molar-refractivity contribution in [2.24, 2.45) is 11.1 Å². The third-order valence-electron chi connectivity index (χ3n) is 5.75. The second kappa shape index (κ2) is 7.97. The molecule has 3 rings (SSSR count). The molecule has 9 nitrogen and oxygen atoms in total. The molecule has 0 aromatic carbocycles. The average molecular weight is 469 g/mol. The number of hydrogen-bond donors (Lipinski definition) is 3. The summed E-state index contributed by atoms with van der Waals surface area (Å²) in [7, 11) is 0. The fraction of sp³-hybridized carbons (Fsp3) is 0.684. The van der Waals surface area contributed by atoms with Crippen molar-refractivity contribution in [2.75, 3.05) is 23.7 Å². The smallest absolute Gasteiger partial charge is 0.407 e. The molecule has 1 spiro atoms. The van der Waals surface area contributed by atoms with Gasteiger partial charge in [0.15, 0.2) is 17.3 Å². The van der Waals surface area contributed by atoms with Gasteiger partial charge in [-0.2, -0.15) is 0 Å². The molecule has 1 aromatic rings. The van der Waals surface area contributed by atoms with E-state index in [1.807, 2.05) is 25.7 Å². The van der Waals surface area contributed by atoms with Crippen molar-refractivity contribution in [1.82, 2.24) is 15.3 Å². The molecule has 1 aliphatic carbocycles. The fourth-order valence-electron chi connectivity index (χ4n) is 4.38. The molecule has 160 valence electrons. The van der Waals surface area contributed by atoms with Crippen LogP contribution in [0.25, 0.3) is 0 Å². The van der Waals surface area contributed by atoms with Crippen LogP contribution < -0.4 is 21.7 Å². The predicted molar refractivity (Wildman–Crippen MR) is 114 cm³/mol. The Morgan fingerprint density at radius 1 is 1.24 bits per heavy atom. The topological polar surface area (TPSA) is 136 Å². The van der Waals surface area contributed by atoms with Gasteiger partial charge in [-0.15, -0.1) is 0 Å². The number of ether oxygens (including phenoxy) is 1. The molecule has 2 amide bonds. The second-order valence-corrected chi connectivity index (χ2v) is 9.63. The number of nitrogens with zero attached hydrogens (tertiary/aromatic N) is 3. The van der Waals surface area contributed by atoms with Crippen molar-refractivity contribution in [2.45, 2.75) is 64.5 Å². The molecule has 2 fully saturated rings. The van der Waals surface area contributed by atoms with E-state index in [2.05, 4.69) is 31.2 Å². The number of nitrogens with two attached hydrogens (primary N) is 2. The molecular weight excluding hydrogens is 440 g/mol. The number of carbonyl (C=O) groups is 2. The van der Waals surface area contributed by atoms with Gasteiger partial charge in [0.2, 0.25) is 0 Å². The zero-order chi connectivity index (χ0) is 21.4. The number of halogens is 1. The minimum Gasteiger partial charge on any atom is -0.444 e. The van der Waals surface area contributed by atoms with Gasteiger partial charge in [-0.25, -0.2) is 14.8 Å². The largest absolute Gasteiger partial charge is 0.444 e. The van der Waals surface area contributed by atoms with Gasteiger partial charge >= 0.3 is 6.09 Å². The molecule has 5 N–H and O–H groups in total. The molecule has 0 radical (unpaired) electrons. The van der Waals surface area contributed by atoms with Crippen LogP contribution in [-0.4, -0.2) is 46.7 Å². The lowest BCUT2D eigenvalue weighted by Gasteiger charge is -2.44. The highest BCUT2D eigenvalue weighted by Crippen LogP contribution is 2.47. The first-order chi connectivity index (χ1) is 13.5. The van der Waals surface area contributed by atoms with E-state index in [4.69, 9.17) is 16.2 Å². The first kappa shape index (κ1) is 21.6. The summed E-state index contributed by atoms with van der Waals surface area (Å²) in [6.45, 7) is 6.94. The van der Waals surface area contributed by atoms with Crippen molar-refractivity contribution in [3.8, 4) is 0 Å². The van der Waals surface area contributed by atoms with Gasteiger partial charge in [0.05, 0.1) is 0 Å². The van der Waals surface area contributed by atoms with Crippen LogP contribution in [0.2, 0.25) is 0 Å². The van der Waals surface area contributed by atoms with E-state index in [0.717, 1.165) is 32.1 Å². The number of alkyl carbamates (subject to hydrolysis) is 1. The molecule has 1 saturated carbocycles. The molecule has 0 bridgehead atoms. The number of rotatable bonds is 3. The maximum atomic E-state index is 12.3. The molecule has 1 aliphatic heterocycles. The van der Waals surface area contributed by atoms with Crippen molar-refractivity contribution in [1.29, 1.82) is 0 Å². The fourth-order valence-corrected chi connectivity index (χ4v) is 4.65. The third-order valence-corrected chi connectivity index (χ3v) is 6.33. The number of aromatic nitrogens is 2. The monoisotopic (exact) mass is 468 g/mol. The van der Waals surface area contributed by atoms with Gasteiger partial charge in [0.1, 0.15) is 10.2 Å². The first-order valence-electron chi connectivity index (χ1n) is 9.88. The van der Waals surface area contributed by atoms with Crippen LogP contribution in [-0.2, 0) is 4.74 Å². The van der Waals surface area contributed by atoms with Gasteiger partial charge in [-0.3, -0.25) is 4.79 Å². The number of nitrogen functional groups attached to an aromatic ring is 1. The molecule has 10 heteroatoms. The summed E-state index contributed by atoms with van der Waals surface area (Å²) >= 11 is 3.20. The zero-order valence-electron chi connectivity index (χ0n) is 17.1. The van der Waals surface area contributed by atoms with Crippen LogP contribution in [0.4, 0.5) is 16.4 Å². The highest BCUT2D eigenvalue weighted by molar-refractivity contribution is 9.10. The lowest BCUT2D eigenvalue weighted by molar-refractivity contribution is 0.0442. The Bertz CT molecular complexity index is 802. The Balaban J connectivity index is 1.72. The number of nitrogens with one attached hydrogen (secondary N) is 1. The number of primary amides is 1. The number of hydrogen-bond acceptors (Lipinski definition) is 7. The third kappa shape index (κ3) is 4.73. The first-order valence-corrected chi connectivity index (χ1v) is 10.7. The Morgan fingerprint density at radius 2 is 1.90 bits per heavy atom.